The van der Waals surface area contributed by atoms with Crippen LogP contribution in [0.15, 0.2) is 29.2 Å². The van der Waals surface area contributed by atoms with E-state index in [1.54, 1.807) is 24.3 Å². The van der Waals surface area contributed by atoms with Crippen LogP contribution in [0.2, 0.25) is 0 Å². The van der Waals surface area contributed by atoms with Gasteiger partial charge in [-0.15, -0.1) is 12.4 Å². The quantitative estimate of drug-likeness (QED) is 0.862. The van der Waals surface area contributed by atoms with Crippen molar-refractivity contribution in [2.45, 2.75) is 48.3 Å². The molecule has 5 nitrogen and oxygen atoms in total. The molecule has 0 bridgehead atoms. The second-order valence-electron chi connectivity index (χ2n) is 6.14. The first-order valence-corrected chi connectivity index (χ1v) is 9.47. The van der Waals surface area contributed by atoms with Crippen molar-refractivity contribution < 1.29 is 13.2 Å². The molecule has 1 aliphatic carbocycles. The van der Waals surface area contributed by atoms with Crippen molar-refractivity contribution in [3.05, 3.63) is 29.8 Å². The van der Waals surface area contributed by atoms with E-state index in [0.29, 0.717) is 10.5 Å². The Morgan fingerprint density at radius 3 is 2.30 bits per heavy atom. The fraction of sp³-hybridized carbons (Fsp3) is 0.562. The summed E-state index contributed by atoms with van der Waals surface area (Å²) in [6.45, 7) is 1.71. The van der Waals surface area contributed by atoms with Crippen LogP contribution >= 0.6 is 12.4 Å². The maximum Gasteiger partial charge on any atom is 0.251 e. The summed E-state index contributed by atoms with van der Waals surface area (Å²) in [5.74, 6) is -0.140. The first-order valence-electron chi connectivity index (χ1n) is 7.93. The molecule has 3 rings (SSSR count). The van der Waals surface area contributed by atoms with Crippen LogP contribution < -0.4 is 10.6 Å². The van der Waals surface area contributed by atoms with E-state index < -0.39 is 9.84 Å². The fourth-order valence-electron chi connectivity index (χ4n) is 3.23. The molecule has 7 heteroatoms. The van der Waals surface area contributed by atoms with Gasteiger partial charge in [0.2, 0.25) is 0 Å². The van der Waals surface area contributed by atoms with Gasteiger partial charge in [0, 0.05) is 18.2 Å². The summed E-state index contributed by atoms with van der Waals surface area (Å²) in [5, 5.41) is 5.90. The molecule has 1 heterocycles. The van der Waals surface area contributed by atoms with E-state index in [-0.39, 0.29) is 29.6 Å². The highest BCUT2D eigenvalue weighted by Crippen LogP contribution is 2.29. The smallest absolute Gasteiger partial charge is 0.251 e. The lowest BCUT2D eigenvalue weighted by Gasteiger charge is -2.13. The standard InChI is InChI=1S/C16H22N2O3S.ClH/c19-16(18-13-9-10-17-11-13)12-5-7-15(8-6-12)22(20,21)14-3-1-2-4-14;/h5-8,13-14,17H,1-4,9-11H2,(H,18,19);1H. The molecule has 128 valence electrons. The molecule has 23 heavy (non-hydrogen) atoms. The Morgan fingerprint density at radius 2 is 1.74 bits per heavy atom. The van der Waals surface area contributed by atoms with Crippen molar-refractivity contribution >= 4 is 28.2 Å². The van der Waals surface area contributed by atoms with Gasteiger partial charge in [0.05, 0.1) is 10.1 Å². The van der Waals surface area contributed by atoms with Crippen LogP contribution in [0, 0.1) is 0 Å². The first kappa shape index (κ1) is 18.2. The van der Waals surface area contributed by atoms with Crippen molar-refractivity contribution in [1.82, 2.24) is 10.6 Å². The molecule has 1 aromatic carbocycles. The first-order chi connectivity index (χ1) is 10.6. The molecule has 1 unspecified atom stereocenters. The lowest BCUT2D eigenvalue weighted by Crippen LogP contribution is -2.36. The Kier molecular flexibility index (Phi) is 6.06. The molecule has 0 radical (unpaired) electrons. The van der Waals surface area contributed by atoms with Gasteiger partial charge >= 0.3 is 0 Å². The predicted octanol–water partition coefficient (Wildman–Crippen LogP) is 1.92. The Hall–Kier alpha value is -1.11. The molecule has 1 saturated carbocycles. The van der Waals surface area contributed by atoms with Crippen molar-refractivity contribution in [3.63, 3.8) is 0 Å². The van der Waals surface area contributed by atoms with Crippen LogP contribution in [0.4, 0.5) is 0 Å². The minimum atomic E-state index is -3.25. The van der Waals surface area contributed by atoms with Gasteiger partial charge in [0.1, 0.15) is 0 Å². The van der Waals surface area contributed by atoms with E-state index in [0.717, 1.165) is 45.2 Å². The highest BCUT2D eigenvalue weighted by atomic mass is 35.5. The Balaban J connectivity index is 0.00000192. The summed E-state index contributed by atoms with van der Waals surface area (Å²) < 4.78 is 25.0. The maximum atomic E-state index is 12.5. The molecule has 0 aromatic heterocycles. The van der Waals surface area contributed by atoms with Crippen LogP contribution in [0.5, 0.6) is 0 Å². The second kappa shape index (κ2) is 7.64. The zero-order valence-electron chi connectivity index (χ0n) is 13.0. The van der Waals surface area contributed by atoms with E-state index in [2.05, 4.69) is 10.6 Å². The Bertz CT molecular complexity index is 634. The highest BCUT2D eigenvalue weighted by molar-refractivity contribution is 7.92. The predicted molar refractivity (Wildman–Crippen MR) is 91.9 cm³/mol. The largest absolute Gasteiger partial charge is 0.348 e. The van der Waals surface area contributed by atoms with Crippen LogP contribution in [0.3, 0.4) is 0 Å². The number of rotatable bonds is 4. The zero-order chi connectivity index (χ0) is 15.6. The SMILES string of the molecule is Cl.O=C(NC1CCNC1)c1ccc(S(=O)(=O)C2CCCC2)cc1. The van der Waals surface area contributed by atoms with E-state index >= 15 is 0 Å². The van der Waals surface area contributed by atoms with Gasteiger partial charge in [-0.3, -0.25) is 4.79 Å². The summed E-state index contributed by atoms with van der Waals surface area (Å²) in [4.78, 5) is 12.5. The number of nitrogens with one attached hydrogen (secondary N) is 2. The van der Waals surface area contributed by atoms with Gasteiger partial charge in [0.25, 0.3) is 5.91 Å². The molecule has 2 aliphatic rings. The summed E-state index contributed by atoms with van der Waals surface area (Å²) in [6.07, 6.45) is 4.40. The third-order valence-corrected chi connectivity index (χ3v) is 6.86. The number of carbonyl (C=O) groups is 1. The molecule has 2 fully saturated rings. The molecule has 0 spiro atoms. The van der Waals surface area contributed by atoms with Gasteiger partial charge in [-0.05, 0) is 50.1 Å². The minimum absolute atomic E-state index is 0. The van der Waals surface area contributed by atoms with Gasteiger partial charge in [-0.2, -0.15) is 0 Å². The summed E-state index contributed by atoms with van der Waals surface area (Å²) >= 11 is 0. The summed E-state index contributed by atoms with van der Waals surface area (Å²) in [5.41, 5.74) is 0.511. The molecule has 1 amide bonds. The monoisotopic (exact) mass is 358 g/mol. The van der Waals surface area contributed by atoms with Crippen molar-refractivity contribution in [2.24, 2.45) is 0 Å². The lowest BCUT2D eigenvalue weighted by atomic mass is 10.2. The molecular formula is C16H23ClN2O3S. The Labute approximate surface area is 143 Å². The van der Waals surface area contributed by atoms with Gasteiger partial charge < -0.3 is 10.6 Å². The fourth-order valence-corrected chi connectivity index (χ4v) is 5.09. The van der Waals surface area contributed by atoms with Crippen LogP contribution in [-0.4, -0.2) is 38.7 Å². The van der Waals surface area contributed by atoms with Gasteiger partial charge in [0.15, 0.2) is 9.84 Å². The summed E-state index contributed by atoms with van der Waals surface area (Å²) in [6, 6.07) is 6.51. The number of amides is 1. The van der Waals surface area contributed by atoms with E-state index in [4.69, 9.17) is 0 Å². The van der Waals surface area contributed by atoms with Gasteiger partial charge in [-0.1, -0.05) is 12.8 Å². The number of halogens is 1. The van der Waals surface area contributed by atoms with Crippen LogP contribution in [0.25, 0.3) is 0 Å². The minimum Gasteiger partial charge on any atom is -0.348 e. The summed E-state index contributed by atoms with van der Waals surface area (Å²) in [7, 11) is -3.25. The van der Waals surface area contributed by atoms with Crippen molar-refractivity contribution in [3.8, 4) is 0 Å². The number of hydrogen-bond donors (Lipinski definition) is 2. The number of hydrogen-bond acceptors (Lipinski definition) is 4. The maximum absolute atomic E-state index is 12.5. The Morgan fingerprint density at radius 1 is 1.09 bits per heavy atom. The molecule has 2 N–H and O–H groups in total. The van der Waals surface area contributed by atoms with E-state index in [9.17, 15) is 13.2 Å². The van der Waals surface area contributed by atoms with Crippen molar-refractivity contribution in [2.75, 3.05) is 13.1 Å². The second-order valence-corrected chi connectivity index (χ2v) is 8.37. The molecule has 1 atom stereocenters. The number of benzene rings is 1. The molecule has 1 saturated heterocycles. The van der Waals surface area contributed by atoms with Crippen molar-refractivity contribution in [1.29, 1.82) is 0 Å². The van der Waals surface area contributed by atoms with Crippen LogP contribution in [0.1, 0.15) is 42.5 Å². The van der Waals surface area contributed by atoms with Gasteiger partial charge in [-0.25, -0.2) is 8.42 Å². The number of sulfone groups is 1. The number of carbonyl (C=O) groups excluding carboxylic acids is 1. The molecular weight excluding hydrogens is 336 g/mol. The lowest BCUT2D eigenvalue weighted by molar-refractivity contribution is 0.0940. The normalized spacial score (nSPS) is 21.8. The molecule has 1 aromatic rings. The topological polar surface area (TPSA) is 75.3 Å². The zero-order valence-corrected chi connectivity index (χ0v) is 14.6. The molecule has 1 aliphatic heterocycles. The average molecular weight is 359 g/mol. The third-order valence-electron chi connectivity index (χ3n) is 4.58. The van der Waals surface area contributed by atoms with E-state index in [1.807, 2.05) is 0 Å². The highest BCUT2D eigenvalue weighted by Gasteiger charge is 2.30. The van der Waals surface area contributed by atoms with Crippen LogP contribution in [-0.2, 0) is 9.84 Å². The van der Waals surface area contributed by atoms with E-state index in [1.165, 1.54) is 0 Å². The third kappa shape index (κ3) is 4.05. The average Bonchev–Trinajstić information content (AvgIpc) is 3.21.